The molecule has 3 aliphatic carbocycles. The summed E-state index contributed by atoms with van der Waals surface area (Å²) in [4.78, 5) is 31.6. The Morgan fingerprint density at radius 3 is 2.72 bits per heavy atom. The maximum Gasteiger partial charge on any atom is 0.220 e. The third kappa shape index (κ3) is 2.95. The van der Waals surface area contributed by atoms with Crippen LogP contribution in [0.1, 0.15) is 63.6 Å². The standard InChI is InChI=1S/C26H28N4O2/c1-15-19-11-10-18-23(26(19,2)13-12-21(15)31)29-24(30-25(18)32-16-6-5-7-16)22-17-8-3-4-9-20(17)27-14-28-22/h3-4,8-9,14-16,19H,5-7,10-13H2,1-2H3/t15-,19-,26-/m1/s1. The number of ether oxygens (including phenoxy) is 1. The molecule has 32 heavy (non-hydrogen) atoms. The molecule has 6 heteroatoms. The van der Waals surface area contributed by atoms with E-state index in [2.05, 4.69) is 23.8 Å². The molecule has 0 N–H and O–H groups in total. The van der Waals surface area contributed by atoms with Gasteiger partial charge in [0.2, 0.25) is 5.88 Å². The summed E-state index contributed by atoms with van der Waals surface area (Å²) in [6.07, 6.45) is 8.48. The molecule has 2 saturated carbocycles. The van der Waals surface area contributed by atoms with Crippen molar-refractivity contribution in [1.29, 1.82) is 0 Å². The number of Topliss-reactive ketones (excluding diaryl/α,β-unsaturated/α-hetero) is 1. The van der Waals surface area contributed by atoms with Crippen molar-refractivity contribution in [3.05, 3.63) is 41.9 Å². The van der Waals surface area contributed by atoms with Crippen LogP contribution >= 0.6 is 0 Å². The van der Waals surface area contributed by atoms with Gasteiger partial charge in [-0.25, -0.2) is 15.0 Å². The molecule has 1 aromatic carbocycles. The predicted molar refractivity (Wildman–Crippen MR) is 121 cm³/mol. The summed E-state index contributed by atoms with van der Waals surface area (Å²) in [7, 11) is 0. The Kier molecular flexibility index (Phi) is 4.52. The third-order valence-electron chi connectivity index (χ3n) is 8.12. The van der Waals surface area contributed by atoms with Gasteiger partial charge in [0.15, 0.2) is 5.82 Å². The molecule has 0 spiro atoms. The van der Waals surface area contributed by atoms with Crippen molar-refractivity contribution in [1.82, 2.24) is 19.9 Å². The molecular formula is C26H28N4O2. The Bertz CT molecular complexity index is 1220. The van der Waals surface area contributed by atoms with Gasteiger partial charge in [0.25, 0.3) is 0 Å². The molecule has 164 valence electrons. The molecule has 2 fully saturated rings. The van der Waals surface area contributed by atoms with Crippen molar-refractivity contribution in [2.45, 2.75) is 70.3 Å². The molecule has 3 aliphatic rings. The molecule has 3 atom stereocenters. The second-order valence-electron chi connectivity index (χ2n) is 9.91. The van der Waals surface area contributed by atoms with Crippen molar-refractivity contribution >= 4 is 16.7 Å². The van der Waals surface area contributed by atoms with Gasteiger partial charge in [0, 0.05) is 28.7 Å². The number of hydrogen-bond donors (Lipinski definition) is 0. The lowest BCUT2D eigenvalue weighted by Gasteiger charge is -2.48. The first-order chi connectivity index (χ1) is 15.5. The highest BCUT2D eigenvalue weighted by Crippen LogP contribution is 2.52. The molecule has 0 saturated heterocycles. The summed E-state index contributed by atoms with van der Waals surface area (Å²) in [5.41, 5.74) is 3.66. The molecule has 0 unspecified atom stereocenters. The van der Waals surface area contributed by atoms with Gasteiger partial charge < -0.3 is 4.74 Å². The van der Waals surface area contributed by atoms with Crippen molar-refractivity contribution in [3.63, 3.8) is 0 Å². The Morgan fingerprint density at radius 2 is 1.91 bits per heavy atom. The fraction of sp³-hybridized carbons (Fsp3) is 0.500. The highest BCUT2D eigenvalue weighted by molar-refractivity contribution is 5.90. The van der Waals surface area contributed by atoms with Crippen LogP contribution in [0.3, 0.4) is 0 Å². The number of carbonyl (C=O) groups is 1. The minimum Gasteiger partial charge on any atom is -0.474 e. The second-order valence-corrected chi connectivity index (χ2v) is 9.91. The zero-order valence-corrected chi connectivity index (χ0v) is 18.7. The van der Waals surface area contributed by atoms with E-state index >= 15 is 0 Å². The van der Waals surface area contributed by atoms with Gasteiger partial charge in [-0.3, -0.25) is 4.79 Å². The Hall–Kier alpha value is -2.89. The summed E-state index contributed by atoms with van der Waals surface area (Å²) in [5.74, 6) is 2.08. The number of rotatable bonds is 3. The SMILES string of the molecule is C[C@H]1C(=O)CC[C@@]2(C)c3nc(-c4ncnc5ccccc45)nc(OC4CCC4)c3CC[C@H]12. The topological polar surface area (TPSA) is 77.9 Å². The predicted octanol–water partition coefficient (Wildman–Crippen LogP) is 4.84. The van der Waals surface area contributed by atoms with Crippen molar-refractivity contribution in [2.75, 3.05) is 0 Å². The van der Waals surface area contributed by atoms with Crippen LogP contribution in [0, 0.1) is 11.8 Å². The van der Waals surface area contributed by atoms with Gasteiger partial charge in [-0.2, -0.15) is 4.98 Å². The normalized spacial score (nSPS) is 27.5. The summed E-state index contributed by atoms with van der Waals surface area (Å²) in [6.45, 7) is 4.39. The average Bonchev–Trinajstić information content (AvgIpc) is 2.78. The molecule has 3 aromatic rings. The van der Waals surface area contributed by atoms with Crippen LogP contribution < -0.4 is 4.74 Å². The van der Waals surface area contributed by atoms with Crippen molar-refractivity contribution in [2.24, 2.45) is 11.8 Å². The number of benzene rings is 1. The summed E-state index contributed by atoms with van der Waals surface area (Å²) < 4.78 is 6.43. The first-order valence-electron chi connectivity index (χ1n) is 11.9. The molecule has 0 radical (unpaired) electrons. The zero-order chi connectivity index (χ0) is 21.9. The fourth-order valence-corrected chi connectivity index (χ4v) is 5.93. The number of aromatic nitrogens is 4. The van der Waals surface area contributed by atoms with Gasteiger partial charge >= 0.3 is 0 Å². The van der Waals surface area contributed by atoms with Crippen LogP contribution in [-0.2, 0) is 16.6 Å². The Balaban J connectivity index is 1.55. The van der Waals surface area contributed by atoms with Gasteiger partial charge in [0.05, 0.1) is 11.2 Å². The van der Waals surface area contributed by atoms with Gasteiger partial charge in [-0.15, -0.1) is 0 Å². The van der Waals surface area contributed by atoms with E-state index in [4.69, 9.17) is 14.7 Å². The first-order valence-corrected chi connectivity index (χ1v) is 11.9. The van der Waals surface area contributed by atoms with E-state index < -0.39 is 0 Å². The van der Waals surface area contributed by atoms with Crippen molar-refractivity contribution in [3.8, 4) is 17.4 Å². The molecule has 2 heterocycles. The molecular weight excluding hydrogens is 400 g/mol. The highest BCUT2D eigenvalue weighted by Gasteiger charge is 2.50. The third-order valence-corrected chi connectivity index (χ3v) is 8.12. The van der Waals surface area contributed by atoms with E-state index in [0.29, 0.717) is 23.9 Å². The number of ketones is 1. The molecule has 6 nitrogen and oxygen atoms in total. The molecule has 2 aromatic heterocycles. The molecule has 0 bridgehead atoms. The summed E-state index contributed by atoms with van der Waals surface area (Å²) in [5, 5.41) is 0.939. The quantitative estimate of drug-likeness (QED) is 0.594. The van der Waals surface area contributed by atoms with Crippen LogP contribution in [0.5, 0.6) is 5.88 Å². The smallest absolute Gasteiger partial charge is 0.220 e. The lowest BCUT2D eigenvalue weighted by molar-refractivity contribution is -0.128. The monoisotopic (exact) mass is 428 g/mol. The van der Waals surface area contributed by atoms with Gasteiger partial charge in [0.1, 0.15) is 23.9 Å². The fourth-order valence-electron chi connectivity index (χ4n) is 5.93. The number of hydrogen-bond acceptors (Lipinski definition) is 6. The van der Waals surface area contributed by atoms with Crippen LogP contribution in [0.2, 0.25) is 0 Å². The van der Waals surface area contributed by atoms with Crippen LogP contribution in [-0.4, -0.2) is 31.8 Å². The summed E-state index contributed by atoms with van der Waals surface area (Å²) >= 11 is 0. The number of carbonyl (C=O) groups excluding carboxylic acids is 1. The molecule has 0 aliphatic heterocycles. The molecule has 6 rings (SSSR count). The minimum absolute atomic E-state index is 0.0659. The average molecular weight is 429 g/mol. The number of para-hydroxylation sites is 1. The maximum absolute atomic E-state index is 12.5. The van der Waals surface area contributed by atoms with Crippen LogP contribution in [0.4, 0.5) is 0 Å². The first kappa shape index (κ1) is 19.8. The highest BCUT2D eigenvalue weighted by atomic mass is 16.5. The van der Waals surface area contributed by atoms with E-state index in [0.717, 1.165) is 65.8 Å². The lowest BCUT2D eigenvalue weighted by atomic mass is 9.56. The minimum atomic E-state index is -0.154. The maximum atomic E-state index is 12.5. The largest absolute Gasteiger partial charge is 0.474 e. The van der Waals surface area contributed by atoms with E-state index in [9.17, 15) is 4.79 Å². The number of fused-ring (bicyclic) bond motifs is 4. The van der Waals surface area contributed by atoms with Crippen LogP contribution in [0.25, 0.3) is 22.4 Å². The van der Waals surface area contributed by atoms with Crippen molar-refractivity contribution < 1.29 is 9.53 Å². The van der Waals surface area contributed by atoms with E-state index in [1.165, 1.54) is 6.42 Å². The Labute approximate surface area is 187 Å². The van der Waals surface area contributed by atoms with E-state index in [-0.39, 0.29) is 17.4 Å². The van der Waals surface area contributed by atoms with E-state index in [1.54, 1.807) is 6.33 Å². The lowest BCUT2D eigenvalue weighted by Crippen LogP contribution is -2.47. The zero-order valence-electron chi connectivity index (χ0n) is 18.7. The molecule has 0 amide bonds. The number of nitrogens with zero attached hydrogens (tertiary/aromatic N) is 4. The van der Waals surface area contributed by atoms with Crippen LogP contribution in [0.15, 0.2) is 30.6 Å². The van der Waals surface area contributed by atoms with E-state index in [1.807, 2.05) is 24.3 Å². The van der Waals surface area contributed by atoms with Gasteiger partial charge in [-0.05, 0) is 50.5 Å². The Morgan fingerprint density at radius 1 is 1.06 bits per heavy atom. The van der Waals surface area contributed by atoms with Gasteiger partial charge in [-0.1, -0.05) is 32.0 Å². The second kappa shape index (κ2) is 7.32. The summed E-state index contributed by atoms with van der Waals surface area (Å²) in [6, 6.07) is 7.97.